The summed E-state index contributed by atoms with van der Waals surface area (Å²) in [6.07, 6.45) is 3.65. The number of carbonyl (C=O) groups is 1. The summed E-state index contributed by atoms with van der Waals surface area (Å²) in [5.41, 5.74) is 0. The molecule has 0 bridgehead atoms. The Morgan fingerprint density at radius 3 is 2.72 bits per heavy atom. The van der Waals surface area contributed by atoms with Crippen molar-refractivity contribution in [1.82, 2.24) is 25.1 Å². The minimum atomic E-state index is -0.0249. The summed E-state index contributed by atoms with van der Waals surface area (Å²) < 4.78 is 7.16. The van der Waals surface area contributed by atoms with E-state index in [-0.39, 0.29) is 18.0 Å². The second kappa shape index (κ2) is 7.77. The molecule has 0 aliphatic carbocycles. The van der Waals surface area contributed by atoms with Crippen molar-refractivity contribution in [3.05, 3.63) is 30.0 Å². The molecule has 1 atom stereocenters. The molecule has 0 saturated carbocycles. The highest BCUT2D eigenvalue weighted by atomic mass is 16.3. The summed E-state index contributed by atoms with van der Waals surface area (Å²) in [5.74, 6) is 1.35. The van der Waals surface area contributed by atoms with Crippen molar-refractivity contribution < 1.29 is 14.1 Å². The average molecular weight is 347 g/mol. The van der Waals surface area contributed by atoms with Crippen LogP contribution in [0, 0.1) is 0 Å². The fourth-order valence-corrected chi connectivity index (χ4v) is 3.50. The Balaban J connectivity index is 1.68. The van der Waals surface area contributed by atoms with Crippen LogP contribution in [-0.2, 0) is 0 Å². The number of amides is 1. The molecule has 1 saturated heterocycles. The summed E-state index contributed by atoms with van der Waals surface area (Å²) in [5, 5.41) is 12.4. The molecule has 2 aromatic rings. The lowest BCUT2D eigenvalue weighted by Crippen LogP contribution is -3.15. The van der Waals surface area contributed by atoms with E-state index in [1.807, 2.05) is 9.58 Å². The van der Waals surface area contributed by atoms with Crippen molar-refractivity contribution in [3.8, 4) is 0 Å². The van der Waals surface area contributed by atoms with Gasteiger partial charge >= 0.3 is 0 Å². The molecule has 8 heteroatoms. The molecule has 0 unspecified atom stereocenters. The van der Waals surface area contributed by atoms with Gasteiger partial charge in [-0.05, 0) is 36.4 Å². The van der Waals surface area contributed by atoms with Crippen LogP contribution >= 0.6 is 0 Å². The van der Waals surface area contributed by atoms with E-state index in [0.717, 1.165) is 44.8 Å². The molecule has 25 heavy (non-hydrogen) atoms. The number of carbonyl (C=O) groups excluding carboxylic acids is 1. The predicted octanol–water partition coefficient (Wildman–Crippen LogP) is 0.729. The summed E-state index contributed by atoms with van der Waals surface area (Å²) in [4.78, 5) is 15.7. The first-order valence-corrected chi connectivity index (χ1v) is 9.07. The Bertz CT molecular complexity index is 673. The number of aromatic nitrogens is 4. The number of quaternary nitrogens is 1. The first kappa shape index (κ1) is 17.6. The van der Waals surface area contributed by atoms with Gasteiger partial charge in [-0.15, -0.1) is 5.10 Å². The number of hydrogen-bond donors (Lipinski definition) is 1. The number of piperazine rings is 1. The second-order valence-corrected chi connectivity index (χ2v) is 6.84. The first-order valence-electron chi connectivity index (χ1n) is 9.07. The van der Waals surface area contributed by atoms with Crippen molar-refractivity contribution >= 4 is 5.91 Å². The van der Waals surface area contributed by atoms with Crippen LogP contribution in [0.25, 0.3) is 0 Å². The highest BCUT2D eigenvalue weighted by Gasteiger charge is 2.34. The Labute approximate surface area is 147 Å². The molecule has 8 nitrogen and oxygen atoms in total. The van der Waals surface area contributed by atoms with Gasteiger partial charge in [0.15, 0.2) is 5.76 Å². The van der Waals surface area contributed by atoms with Crippen LogP contribution in [0.1, 0.15) is 62.1 Å². The van der Waals surface area contributed by atoms with E-state index < -0.39 is 0 Å². The third-order valence-corrected chi connectivity index (χ3v) is 4.81. The maximum atomic E-state index is 12.4. The molecule has 1 amide bonds. The van der Waals surface area contributed by atoms with Gasteiger partial charge < -0.3 is 14.2 Å². The van der Waals surface area contributed by atoms with E-state index in [9.17, 15) is 4.79 Å². The van der Waals surface area contributed by atoms with Gasteiger partial charge in [0.25, 0.3) is 5.91 Å². The third-order valence-electron chi connectivity index (χ3n) is 4.81. The number of nitrogens with zero attached hydrogens (tertiary/aromatic N) is 5. The second-order valence-electron chi connectivity index (χ2n) is 6.84. The van der Waals surface area contributed by atoms with Crippen LogP contribution < -0.4 is 4.90 Å². The minimum Gasteiger partial charge on any atom is -0.459 e. The zero-order chi connectivity index (χ0) is 17.8. The smallest absolute Gasteiger partial charge is 0.289 e. The van der Waals surface area contributed by atoms with Crippen LogP contribution in [0.15, 0.2) is 22.8 Å². The zero-order valence-corrected chi connectivity index (χ0v) is 15.2. The highest BCUT2D eigenvalue weighted by molar-refractivity contribution is 5.91. The molecule has 1 aliphatic rings. The molecule has 0 aromatic carbocycles. The molecular formula is C17H27N6O2+. The normalized spacial score (nSPS) is 17.2. The number of nitrogens with one attached hydrogen (secondary N) is 1. The number of hydrogen-bond acceptors (Lipinski definition) is 5. The standard InChI is InChI=1S/C17H26N6O2/c1-4-6-14(16-18-19-20-23(16)13(2)3)21-8-10-22(11-9-21)17(24)15-7-5-12-25-15/h5,7,12-14H,4,6,8-11H2,1-3H3/p+1/t14-/m0/s1. The van der Waals surface area contributed by atoms with Crippen LogP contribution in [0.5, 0.6) is 0 Å². The topological polar surface area (TPSA) is 81.5 Å². The third kappa shape index (κ3) is 3.73. The zero-order valence-electron chi connectivity index (χ0n) is 15.2. The molecular weight excluding hydrogens is 320 g/mol. The van der Waals surface area contributed by atoms with Gasteiger partial charge in [-0.1, -0.05) is 13.3 Å². The monoisotopic (exact) mass is 347 g/mol. The maximum Gasteiger partial charge on any atom is 0.289 e. The number of rotatable bonds is 6. The lowest BCUT2D eigenvalue weighted by molar-refractivity contribution is -0.936. The average Bonchev–Trinajstić information content (AvgIpc) is 3.30. The summed E-state index contributed by atoms with van der Waals surface area (Å²) in [7, 11) is 0. The van der Waals surface area contributed by atoms with E-state index >= 15 is 0 Å². The van der Waals surface area contributed by atoms with Crippen molar-refractivity contribution in [3.63, 3.8) is 0 Å². The largest absolute Gasteiger partial charge is 0.459 e. The van der Waals surface area contributed by atoms with Gasteiger partial charge in [-0.25, -0.2) is 4.68 Å². The Kier molecular flexibility index (Phi) is 5.47. The van der Waals surface area contributed by atoms with E-state index in [4.69, 9.17) is 4.42 Å². The molecule has 0 radical (unpaired) electrons. The van der Waals surface area contributed by atoms with E-state index in [1.54, 1.807) is 12.1 Å². The van der Waals surface area contributed by atoms with Crippen LogP contribution in [0.3, 0.4) is 0 Å². The fraction of sp³-hybridized carbons (Fsp3) is 0.647. The molecule has 1 aliphatic heterocycles. The molecule has 1 fully saturated rings. The molecule has 2 aromatic heterocycles. The maximum absolute atomic E-state index is 12.4. The van der Waals surface area contributed by atoms with Crippen molar-refractivity contribution in [2.24, 2.45) is 0 Å². The summed E-state index contributed by atoms with van der Waals surface area (Å²) >= 11 is 0. The van der Waals surface area contributed by atoms with Crippen LogP contribution in [0.4, 0.5) is 0 Å². The van der Waals surface area contributed by atoms with Gasteiger partial charge in [0.2, 0.25) is 5.82 Å². The molecule has 3 rings (SSSR count). The van der Waals surface area contributed by atoms with Crippen molar-refractivity contribution in [1.29, 1.82) is 0 Å². The highest BCUT2D eigenvalue weighted by Crippen LogP contribution is 2.16. The first-order chi connectivity index (χ1) is 12.1. The van der Waals surface area contributed by atoms with Gasteiger partial charge in [-0.3, -0.25) is 4.79 Å². The van der Waals surface area contributed by atoms with Crippen molar-refractivity contribution in [2.75, 3.05) is 26.2 Å². The molecule has 136 valence electrons. The molecule has 3 heterocycles. The Hall–Kier alpha value is -2.22. The number of furan rings is 1. The summed E-state index contributed by atoms with van der Waals surface area (Å²) in [6.45, 7) is 9.60. The van der Waals surface area contributed by atoms with E-state index in [1.165, 1.54) is 11.2 Å². The van der Waals surface area contributed by atoms with Gasteiger partial charge in [0, 0.05) is 6.42 Å². The quantitative estimate of drug-likeness (QED) is 0.833. The van der Waals surface area contributed by atoms with E-state index in [0.29, 0.717) is 5.76 Å². The Morgan fingerprint density at radius 2 is 2.12 bits per heavy atom. The van der Waals surface area contributed by atoms with E-state index in [2.05, 4.69) is 36.3 Å². The van der Waals surface area contributed by atoms with Gasteiger partial charge in [0.1, 0.15) is 6.04 Å². The number of tetrazole rings is 1. The van der Waals surface area contributed by atoms with Crippen LogP contribution in [0.2, 0.25) is 0 Å². The lowest BCUT2D eigenvalue weighted by Gasteiger charge is -2.35. The fourth-order valence-electron chi connectivity index (χ4n) is 3.50. The Morgan fingerprint density at radius 1 is 1.36 bits per heavy atom. The van der Waals surface area contributed by atoms with Gasteiger partial charge in [0.05, 0.1) is 38.5 Å². The molecule has 1 N–H and O–H groups in total. The predicted molar refractivity (Wildman–Crippen MR) is 91.2 cm³/mol. The SMILES string of the molecule is CCC[C@@H](c1nnnn1C(C)C)[NH+]1CCN(C(=O)c2ccco2)CC1. The summed E-state index contributed by atoms with van der Waals surface area (Å²) in [6, 6.07) is 3.98. The lowest BCUT2D eigenvalue weighted by atomic mass is 10.1. The molecule has 0 spiro atoms. The van der Waals surface area contributed by atoms with Crippen molar-refractivity contribution in [2.45, 2.75) is 45.7 Å². The van der Waals surface area contributed by atoms with Gasteiger partial charge in [-0.2, -0.15) is 0 Å². The minimum absolute atomic E-state index is 0.0249. The van der Waals surface area contributed by atoms with Crippen LogP contribution in [-0.4, -0.2) is 57.2 Å².